The Bertz CT molecular complexity index is 476. The molecule has 1 saturated heterocycles. The molecule has 1 rings (SSSR count). The van der Waals surface area contributed by atoms with Crippen molar-refractivity contribution in [3.63, 3.8) is 0 Å². The van der Waals surface area contributed by atoms with Crippen LogP contribution in [0.4, 0.5) is 8.78 Å². The van der Waals surface area contributed by atoms with Crippen LogP contribution in [-0.4, -0.2) is 48.1 Å². The molecule has 12 heteroatoms. The zero-order chi connectivity index (χ0) is 15.3. The summed E-state index contributed by atoms with van der Waals surface area (Å²) in [5.41, 5.74) is 16.4. The number of aliphatic hydroxyl groups is 1. The van der Waals surface area contributed by atoms with Crippen molar-refractivity contribution in [2.75, 3.05) is 6.54 Å². The SMILES string of the molecule is CC(=O)O[C@@H]1[C@@H](CN=[N+]=[N-])OC(O)[C@H](N=[N+]=[N-])C1(F)F. The number of rotatable bonds is 4. The molecule has 0 amide bonds. The molecular formula is C8H10F2N6O4. The summed E-state index contributed by atoms with van der Waals surface area (Å²) in [5, 5.41) is 15.2. The van der Waals surface area contributed by atoms with Crippen LogP contribution in [0.3, 0.4) is 0 Å². The van der Waals surface area contributed by atoms with Gasteiger partial charge in [-0.3, -0.25) is 4.79 Å². The van der Waals surface area contributed by atoms with Gasteiger partial charge in [0.25, 0.3) is 5.92 Å². The van der Waals surface area contributed by atoms with Crippen LogP contribution < -0.4 is 0 Å². The maximum Gasteiger partial charge on any atom is 0.303 e. The summed E-state index contributed by atoms with van der Waals surface area (Å²) in [4.78, 5) is 15.4. The Kier molecular flexibility index (Phi) is 5.06. The van der Waals surface area contributed by atoms with Crippen molar-refractivity contribution in [1.29, 1.82) is 0 Å². The molecule has 1 N–H and O–H groups in total. The lowest BCUT2D eigenvalue weighted by Crippen LogP contribution is -2.63. The first-order valence-electron chi connectivity index (χ1n) is 5.28. The lowest BCUT2D eigenvalue weighted by molar-refractivity contribution is -0.292. The molecule has 4 atom stereocenters. The number of carbonyl (C=O) groups excluding carboxylic acids is 1. The van der Waals surface area contributed by atoms with Crippen LogP contribution in [0.1, 0.15) is 6.92 Å². The van der Waals surface area contributed by atoms with E-state index in [1.54, 1.807) is 0 Å². The molecule has 0 radical (unpaired) electrons. The molecular weight excluding hydrogens is 282 g/mol. The quantitative estimate of drug-likeness (QED) is 0.358. The smallest absolute Gasteiger partial charge is 0.303 e. The minimum Gasteiger partial charge on any atom is -0.453 e. The Morgan fingerprint density at radius 3 is 2.65 bits per heavy atom. The average Bonchev–Trinajstić information content (AvgIpc) is 2.36. The van der Waals surface area contributed by atoms with Gasteiger partial charge >= 0.3 is 5.97 Å². The molecule has 0 spiro atoms. The predicted molar refractivity (Wildman–Crippen MR) is 58.3 cm³/mol. The molecule has 0 aromatic rings. The lowest BCUT2D eigenvalue weighted by Gasteiger charge is -2.42. The van der Waals surface area contributed by atoms with Crippen molar-refractivity contribution in [3.05, 3.63) is 20.9 Å². The predicted octanol–water partition coefficient (Wildman–Crippen LogP) is 1.26. The summed E-state index contributed by atoms with van der Waals surface area (Å²) in [5.74, 6) is -4.91. The van der Waals surface area contributed by atoms with Gasteiger partial charge in [0, 0.05) is 16.7 Å². The van der Waals surface area contributed by atoms with Crippen LogP contribution in [0.15, 0.2) is 10.2 Å². The number of esters is 1. The van der Waals surface area contributed by atoms with Crippen LogP contribution >= 0.6 is 0 Å². The molecule has 0 bridgehead atoms. The number of nitrogens with zero attached hydrogens (tertiary/aromatic N) is 6. The van der Waals surface area contributed by atoms with E-state index in [2.05, 4.69) is 24.8 Å². The minimum atomic E-state index is -3.88. The molecule has 1 aliphatic rings. The van der Waals surface area contributed by atoms with Crippen LogP contribution in [0.5, 0.6) is 0 Å². The van der Waals surface area contributed by atoms with Crippen molar-refractivity contribution >= 4 is 5.97 Å². The molecule has 0 aliphatic carbocycles. The maximum atomic E-state index is 14.1. The van der Waals surface area contributed by atoms with Crippen LogP contribution in [-0.2, 0) is 14.3 Å². The number of halogens is 2. The van der Waals surface area contributed by atoms with Gasteiger partial charge in [-0.25, -0.2) is 8.78 Å². The van der Waals surface area contributed by atoms with Gasteiger partial charge in [0.2, 0.25) is 0 Å². The zero-order valence-electron chi connectivity index (χ0n) is 10.1. The van der Waals surface area contributed by atoms with Crippen molar-refractivity contribution < 1.29 is 28.2 Å². The third-order valence-corrected chi connectivity index (χ3v) is 2.49. The fourth-order valence-corrected chi connectivity index (χ4v) is 1.71. The molecule has 1 aliphatic heterocycles. The fourth-order valence-electron chi connectivity index (χ4n) is 1.71. The molecule has 110 valence electrons. The molecule has 1 heterocycles. The van der Waals surface area contributed by atoms with E-state index in [4.69, 9.17) is 15.8 Å². The van der Waals surface area contributed by atoms with Gasteiger partial charge < -0.3 is 14.6 Å². The molecule has 1 unspecified atom stereocenters. The monoisotopic (exact) mass is 292 g/mol. The number of ether oxygens (including phenoxy) is 2. The highest BCUT2D eigenvalue weighted by atomic mass is 19.3. The van der Waals surface area contributed by atoms with Crippen LogP contribution in [0.2, 0.25) is 0 Å². The van der Waals surface area contributed by atoms with Crippen LogP contribution in [0, 0.1) is 0 Å². The van der Waals surface area contributed by atoms with Gasteiger partial charge in [0.05, 0.1) is 6.54 Å². The van der Waals surface area contributed by atoms with Crippen molar-refractivity contribution in [2.45, 2.75) is 37.4 Å². The van der Waals surface area contributed by atoms with Crippen molar-refractivity contribution in [3.8, 4) is 0 Å². The molecule has 20 heavy (non-hydrogen) atoms. The topological polar surface area (TPSA) is 153 Å². The minimum absolute atomic E-state index is 0.593. The summed E-state index contributed by atoms with van der Waals surface area (Å²) >= 11 is 0. The van der Waals surface area contributed by atoms with E-state index in [0.29, 0.717) is 0 Å². The standard InChI is InChI=1S/C8H10F2N6O4/c1-3(17)19-6-4(2-13-15-11)20-7(18)5(14-16-12)8(6,9)10/h4-7,18H,2H2,1H3/t4-,5+,6-,7?/m1/s1. The van der Waals surface area contributed by atoms with Gasteiger partial charge in [0.15, 0.2) is 18.4 Å². The Hall–Kier alpha value is -2.13. The van der Waals surface area contributed by atoms with Crippen molar-refractivity contribution in [1.82, 2.24) is 0 Å². The second-order valence-electron chi connectivity index (χ2n) is 3.83. The van der Waals surface area contributed by atoms with E-state index in [0.717, 1.165) is 6.92 Å². The lowest BCUT2D eigenvalue weighted by atomic mass is 9.96. The van der Waals surface area contributed by atoms with E-state index >= 15 is 0 Å². The highest BCUT2D eigenvalue weighted by Crippen LogP contribution is 2.38. The number of azide groups is 2. The van der Waals surface area contributed by atoms with E-state index in [1.165, 1.54) is 0 Å². The summed E-state index contributed by atoms with van der Waals surface area (Å²) in [6.07, 6.45) is -5.83. The Balaban J connectivity index is 3.13. The van der Waals surface area contributed by atoms with Gasteiger partial charge in [-0.15, -0.1) is 0 Å². The number of hydrogen-bond donors (Lipinski definition) is 1. The first-order valence-corrected chi connectivity index (χ1v) is 5.28. The average molecular weight is 292 g/mol. The summed E-state index contributed by atoms with van der Waals surface area (Å²) in [6.45, 7) is 0.304. The summed E-state index contributed by atoms with van der Waals surface area (Å²) in [6, 6.07) is -2.26. The molecule has 1 fully saturated rings. The van der Waals surface area contributed by atoms with Crippen molar-refractivity contribution in [2.24, 2.45) is 10.2 Å². The number of aliphatic hydroxyl groups excluding tert-OH is 1. The number of carbonyl (C=O) groups is 1. The third-order valence-electron chi connectivity index (χ3n) is 2.49. The first-order chi connectivity index (χ1) is 9.34. The second kappa shape index (κ2) is 6.35. The van der Waals surface area contributed by atoms with Gasteiger partial charge in [0.1, 0.15) is 6.10 Å². The Morgan fingerprint density at radius 2 is 2.15 bits per heavy atom. The Labute approximate surface area is 110 Å². The number of alkyl halides is 2. The molecule has 10 nitrogen and oxygen atoms in total. The van der Waals surface area contributed by atoms with E-state index in [1.807, 2.05) is 0 Å². The first kappa shape index (κ1) is 15.9. The molecule has 0 saturated carbocycles. The Morgan fingerprint density at radius 1 is 1.50 bits per heavy atom. The maximum absolute atomic E-state index is 14.1. The van der Waals surface area contributed by atoms with E-state index < -0.39 is 43.0 Å². The fraction of sp³-hybridized carbons (Fsp3) is 0.875. The zero-order valence-corrected chi connectivity index (χ0v) is 10.1. The number of hydrogen-bond acceptors (Lipinski definition) is 6. The largest absolute Gasteiger partial charge is 0.453 e. The molecule has 0 aromatic carbocycles. The summed E-state index contributed by atoms with van der Waals surface area (Å²) in [7, 11) is 0. The van der Waals surface area contributed by atoms with Gasteiger partial charge in [-0.05, 0) is 11.1 Å². The second-order valence-corrected chi connectivity index (χ2v) is 3.83. The van der Waals surface area contributed by atoms with Gasteiger partial charge in [-0.2, -0.15) is 0 Å². The molecule has 0 aromatic heterocycles. The normalized spacial score (nSPS) is 31.6. The summed E-state index contributed by atoms with van der Waals surface area (Å²) < 4.78 is 37.4. The highest BCUT2D eigenvalue weighted by Gasteiger charge is 2.60. The van der Waals surface area contributed by atoms with Gasteiger partial charge in [-0.1, -0.05) is 10.2 Å². The van der Waals surface area contributed by atoms with E-state index in [9.17, 15) is 18.7 Å². The highest BCUT2D eigenvalue weighted by molar-refractivity contribution is 5.66. The third kappa shape index (κ3) is 3.25. The van der Waals surface area contributed by atoms with Crippen LogP contribution in [0.25, 0.3) is 20.9 Å². The van der Waals surface area contributed by atoms with E-state index in [-0.39, 0.29) is 0 Å².